The van der Waals surface area contributed by atoms with E-state index < -0.39 is 10.8 Å². The summed E-state index contributed by atoms with van der Waals surface area (Å²) >= 11 is 11.9. The van der Waals surface area contributed by atoms with Crippen LogP contribution in [0.15, 0.2) is 64.6 Å². The van der Waals surface area contributed by atoms with Gasteiger partial charge in [-0.05, 0) is 42.5 Å². The molecule has 0 spiro atoms. The average molecular weight is 428 g/mol. The van der Waals surface area contributed by atoms with Crippen LogP contribution in [0.5, 0.6) is 0 Å². The van der Waals surface area contributed by atoms with Gasteiger partial charge in [0.15, 0.2) is 0 Å². The molecule has 3 aromatic rings. The Bertz CT molecular complexity index is 1160. The lowest BCUT2D eigenvalue weighted by Crippen LogP contribution is -2.13. The summed E-state index contributed by atoms with van der Waals surface area (Å²) in [6.07, 6.45) is 1.29. The van der Waals surface area contributed by atoms with Gasteiger partial charge in [0, 0.05) is 34.5 Å². The molecule has 0 bridgehead atoms. The number of nitrogens with one attached hydrogen (secondary N) is 1. The number of hydrogen-bond donors (Lipinski definition) is 1. The molecule has 0 unspecified atom stereocenters. The normalized spacial score (nSPS) is 11.0. The quantitative estimate of drug-likeness (QED) is 0.242. The number of non-ortho nitro benzene ring substituents is 1. The van der Waals surface area contributed by atoms with Crippen molar-refractivity contribution in [3.05, 3.63) is 86.1 Å². The van der Waals surface area contributed by atoms with Crippen LogP contribution in [0.4, 0.5) is 11.4 Å². The average Bonchev–Trinajstić information content (AvgIpc) is 3.16. The minimum Gasteiger partial charge on any atom is -0.457 e. The molecule has 29 heavy (non-hydrogen) atoms. The highest BCUT2D eigenvalue weighted by atomic mass is 35.5. The molecule has 1 aromatic heterocycles. The predicted octanol–water partition coefficient (Wildman–Crippen LogP) is 5.71. The van der Waals surface area contributed by atoms with E-state index in [0.29, 0.717) is 22.0 Å². The van der Waals surface area contributed by atoms with E-state index in [1.54, 1.807) is 36.4 Å². The lowest BCUT2D eigenvalue weighted by molar-refractivity contribution is -0.384. The van der Waals surface area contributed by atoms with Crippen molar-refractivity contribution in [2.75, 3.05) is 5.32 Å². The maximum absolute atomic E-state index is 12.3. The Morgan fingerprint density at radius 2 is 1.86 bits per heavy atom. The van der Waals surface area contributed by atoms with E-state index >= 15 is 0 Å². The minimum atomic E-state index is -0.610. The van der Waals surface area contributed by atoms with Gasteiger partial charge in [0.2, 0.25) is 0 Å². The molecule has 9 heteroatoms. The van der Waals surface area contributed by atoms with Crippen LogP contribution in [0.2, 0.25) is 10.0 Å². The third-order valence-corrected chi connectivity index (χ3v) is 4.37. The molecule has 0 aliphatic carbocycles. The molecular formula is C20H11Cl2N3O4. The van der Waals surface area contributed by atoms with Crippen molar-refractivity contribution in [1.82, 2.24) is 0 Å². The van der Waals surface area contributed by atoms with E-state index in [9.17, 15) is 20.2 Å². The topological polar surface area (TPSA) is 109 Å². The Morgan fingerprint density at radius 1 is 1.14 bits per heavy atom. The van der Waals surface area contributed by atoms with Gasteiger partial charge < -0.3 is 9.73 Å². The fraction of sp³-hybridized carbons (Fsp3) is 0. The number of hydrogen-bond acceptors (Lipinski definition) is 5. The highest BCUT2D eigenvalue weighted by molar-refractivity contribution is 6.33. The van der Waals surface area contributed by atoms with E-state index in [4.69, 9.17) is 27.6 Å². The Labute approximate surface area is 174 Å². The monoisotopic (exact) mass is 427 g/mol. The van der Waals surface area contributed by atoms with Crippen molar-refractivity contribution in [2.24, 2.45) is 0 Å². The molecular weight excluding hydrogens is 417 g/mol. The molecule has 0 fully saturated rings. The minimum absolute atomic E-state index is 0.143. The summed E-state index contributed by atoms with van der Waals surface area (Å²) in [7, 11) is 0. The summed E-state index contributed by atoms with van der Waals surface area (Å²) < 4.78 is 5.62. The van der Waals surface area contributed by atoms with Gasteiger partial charge in [0.25, 0.3) is 11.6 Å². The van der Waals surface area contributed by atoms with E-state index in [1.165, 1.54) is 24.3 Å². The molecule has 1 heterocycles. The van der Waals surface area contributed by atoms with Crippen LogP contribution < -0.4 is 5.32 Å². The number of nitriles is 1. The molecule has 0 aliphatic rings. The number of nitro benzene ring substituents is 1. The first-order chi connectivity index (χ1) is 13.9. The molecule has 1 amide bonds. The first kappa shape index (κ1) is 20.1. The van der Waals surface area contributed by atoms with Crippen LogP contribution in [-0.2, 0) is 4.79 Å². The van der Waals surface area contributed by atoms with Gasteiger partial charge in [-0.2, -0.15) is 5.26 Å². The number of nitro groups is 1. The number of benzene rings is 2. The maximum Gasteiger partial charge on any atom is 0.270 e. The van der Waals surface area contributed by atoms with Crippen molar-refractivity contribution < 1.29 is 14.1 Å². The smallest absolute Gasteiger partial charge is 0.270 e. The van der Waals surface area contributed by atoms with Crippen molar-refractivity contribution in [1.29, 1.82) is 5.26 Å². The lowest BCUT2D eigenvalue weighted by Gasteiger charge is -2.04. The number of amides is 1. The molecule has 1 N–H and O–H groups in total. The molecule has 7 nitrogen and oxygen atoms in total. The van der Waals surface area contributed by atoms with Gasteiger partial charge in [-0.1, -0.05) is 23.2 Å². The number of carbonyl (C=O) groups is 1. The zero-order valence-electron chi connectivity index (χ0n) is 14.6. The molecule has 0 aliphatic heterocycles. The molecule has 0 saturated carbocycles. The lowest BCUT2D eigenvalue weighted by atomic mass is 10.1. The van der Waals surface area contributed by atoms with Crippen molar-refractivity contribution in [2.45, 2.75) is 0 Å². The SMILES string of the molecule is N#CC(=Cc1ccc(-c2ccc([N+](=O)[O-])cc2Cl)o1)C(=O)Nc1ccc(Cl)cc1. The van der Waals surface area contributed by atoms with Crippen molar-refractivity contribution in [3.8, 4) is 17.4 Å². The van der Waals surface area contributed by atoms with Crippen LogP contribution >= 0.6 is 23.2 Å². The zero-order valence-corrected chi connectivity index (χ0v) is 16.1. The third kappa shape index (κ3) is 4.82. The third-order valence-electron chi connectivity index (χ3n) is 3.81. The van der Waals surface area contributed by atoms with E-state index in [0.717, 1.165) is 0 Å². The second-order valence-electron chi connectivity index (χ2n) is 5.75. The van der Waals surface area contributed by atoms with Gasteiger partial charge in [0.1, 0.15) is 23.2 Å². The van der Waals surface area contributed by atoms with Crippen LogP contribution in [0.3, 0.4) is 0 Å². The van der Waals surface area contributed by atoms with E-state index in [2.05, 4.69) is 5.32 Å². The summed E-state index contributed by atoms with van der Waals surface area (Å²) in [5, 5.41) is 23.4. The van der Waals surface area contributed by atoms with Gasteiger partial charge in [0.05, 0.1) is 9.95 Å². The Morgan fingerprint density at radius 3 is 2.48 bits per heavy atom. The standard InChI is InChI=1S/C20H11Cl2N3O4/c21-13-1-3-14(4-2-13)24-20(26)12(11-23)9-16-6-8-19(29-16)17-7-5-15(25(27)28)10-18(17)22/h1-10H,(H,24,26). The van der Waals surface area contributed by atoms with Crippen LogP contribution in [0, 0.1) is 21.4 Å². The van der Waals surface area contributed by atoms with Gasteiger partial charge in [-0.25, -0.2) is 0 Å². The Balaban J connectivity index is 1.82. The van der Waals surface area contributed by atoms with Gasteiger partial charge >= 0.3 is 0 Å². The molecule has 0 atom stereocenters. The van der Waals surface area contributed by atoms with Crippen LogP contribution in [-0.4, -0.2) is 10.8 Å². The number of anilines is 1. The van der Waals surface area contributed by atoms with Crippen molar-refractivity contribution >= 4 is 46.6 Å². The molecule has 144 valence electrons. The molecule has 3 rings (SSSR count). The number of halogens is 2. The molecule has 2 aromatic carbocycles. The van der Waals surface area contributed by atoms with E-state index in [-0.39, 0.29) is 22.0 Å². The zero-order chi connectivity index (χ0) is 21.0. The second-order valence-corrected chi connectivity index (χ2v) is 6.60. The molecule has 0 saturated heterocycles. The van der Waals surface area contributed by atoms with Gasteiger partial charge in [-0.15, -0.1) is 0 Å². The number of furan rings is 1. The maximum atomic E-state index is 12.3. The summed E-state index contributed by atoms with van der Waals surface area (Å²) in [6.45, 7) is 0. The Kier molecular flexibility index (Phi) is 5.98. The summed E-state index contributed by atoms with van der Waals surface area (Å²) in [4.78, 5) is 22.6. The first-order valence-electron chi connectivity index (χ1n) is 8.10. The van der Waals surface area contributed by atoms with E-state index in [1.807, 2.05) is 6.07 Å². The fourth-order valence-corrected chi connectivity index (χ4v) is 2.81. The number of rotatable bonds is 5. The first-order valence-corrected chi connectivity index (χ1v) is 8.86. The highest BCUT2D eigenvalue weighted by Gasteiger charge is 2.15. The predicted molar refractivity (Wildman–Crippen MR) is 109 cm³/mol. The summed E-state index contributed by atoms with van der Waals surface area (Å²) in [6, 6.07) is 15.4. The second kappa shape index (κ2) is 8.61. The fourth-order valence-electron chi connectivity index (χ4n) is 2.42. The molecule has 0 radical (unpaired) electrons. The largest absolute Gasteiger partial charge is 0.457 e. The summed E-state index contributed by atoms with van der Waals surface area (Å²) in [5.41, 5.74) is 0.617. The van der Waals surface area contributed by atoms with Crippen LogP contribution in [0.1, 0.15) is 5.76 Å². The summed E-state index contributed by atoms with van der Waals surface area (Å²) in [5.74, 6) is -0.0232. The van der Waals surface area contributed by atoms with Crippen LogP contribution in [0.25, 0.3) is 17.4 Å². The van der Waals surface area contributed by atoms with Gasteiger partial charge in [-0.3, -0.25) is 14.9 Å². The van der Waals surface area contributed by atoms with Crippen molar-refractivity contribution in [3.63, 3.8) is 0 Å². The number of carbonyl (C=O) groups excluding carboxylic acids is 1. The Hall–Kier alpha value is -3.60. The highest BCUT2D eigenvalue weighted by Crippen LogP contribution is 2.32. The number of nitrogens with zero attached hydrogens (tertiary/aromatic N) is 2.